The summed E-state index contributed by atoms with van der Waals surface area (Å²) in [6, 6.07) is 6.19. The normalized spacial score (nSPS) is 22.1. The van der Waals surface area contributed by atoms with Crippen LogP contribution in [0.2, 0.25) is 0 Å². The zero-order valence-electron chi connectivity index (χ0n) is 10.4. The van der Waals surface area contributed by atoms with Crippen LogP contribution in [0, 0.1) is 0 Å². The second kappa shape index (κ2) is 6.55. The maximum atomic E-state index is 6.29. The Hall–Kier alpha value is -1.15. The van der Waals surface area contributed by atoms with Gasteiger partial charge in [-0.2, -0.15) is 0 Å². The van der Waals surface area contributed by atoms with E-state index in [1.54, 1.807) is 0 Å². The molecular weight excluding hydrogens is 208 g/mol. The van der Waals surface area contributed by atoms with Gasteiger partial charge in [-0.3, -0.25) is 4.98 Å². The van der Waals surface area contributed by atoms with Gasteiger partial charge in [-0.15, -0.1) is 0 Å². The van der Waals surface area contributed by atoms with E-state index in [4.69, 9.17) is 5.73 Å². The third kappa shape index (κ3) is 3.97. The number of hydrogen-bond donors (Lipinski definition) is 1. The monoisotopic (exact) mass is 230 g/mol. The number of nitrogens with two attached hydrogens (primary N) is 1. The SMILES string of the molecule is NC(Cc1ccccn1)/C1=C/CCCCCC1. The molecular formula is C15H22N2. The summed E-state index contributed by atoms with van der Waals surface area (Å²) in [4.78, 5) is 4.35. The molecule has 0 saturated carbocycles. The topological polar surface area (TPSA) is 38.9 Å². The molecule has 1 atom stereocenters. The third-order valence-electron chi connectivity index (χ3n) is 3.46. The lowest BCUT2D eigenvalue weighted by Gasteiger charge is -2.18. The van der Waals surface area contributed by atoms with Crippen molar-refractivity contribution in [2.45, 2.75) is 51.0 Å². The van der Waals surface area contributed by atoms with Crippen LogP contribution in [0.5, 0.6) is 0 Å². The van der Waals surface area contributed by atoms with Crippen molar-refractivity contribution in [3.8, 4) is 0 Å². The number of aromatic nitrogens is 1. The minimum absolute atomic E-state index is 0.156. The molecule has 0 spiro atoms. The molecule has 1 unspecified atom stereocenters. The number of pyridine rings is 1. The maximum Gasteiger partial charge on any atom is 0.0422 e. The van der Waals surface area contributed by atoms with Gasteiger partial charge in [0, 0.05) is 24.4 Å². The van der Waals surface area contributed by atoms with Gasteiger partial charge in [0.05, 0.1) is 0 Å². The lowest BCUT2D eigenvalue weighted by molar-refractivity contribution is 0.593. The molecule has 0 radical (unpaired) electrons. The fourth-order valence-electron chi connectivity index (χ4n) is 2.43. The van der Waals surface area contributed by atoms with E-state index in [-0.39, 0.29) is 6.04 Å². The molecule has 0 aliphatic heterocycles. The molecule has 17 heavy (non-hydrogen) atoms. The van der Waals surface area contributed by atoms with Gasteiger partial charge in [-0.25, -0.2) is 0 Å². The average molecular weight is 230 g/mol. The molecule has 1 aromatic rings. The maximum absolute atomic E-state index is 6.29. The molecule has 1 aliphatic rings. The van der Waals surface area contributed by atoms with Gasteiger partial charge in [-0.05, 0) is 37.8 Å². The number of nitrogens with zero attached hydrogens (tertiary/aromatic N) is 1. The van der Waals surface area contributed by atoms with Gasteiger partial charge >= 0.3 is 0 Å². The molecule has 0 bridgehead atoms. The zero-order valence-corrected chi connectivity index (χ0v) is 10.4. The summed E-state index contributed by atoms with van der Waals surface area (Å²) in [5.41, 5.74) is 8.83. The Kier molecular flexibility index (Phi) is 4.75. The van der Waals surface area contributed by atoms with Gasteiger partial charge in [0.1, 0.15) is 0 Å². The molecule has 2 N–H and O–H groups in total. The average Bonchev–Trinajstić information content (AvgIpc) is 2.29. The van der Waals surface area contributed by atoms with Crippen molar-refractivity contribution in [1.82, 2.24) is 4.98 Å². The van der Waals surface area contributed by atoms with Crippen LogP contribution in [0.25, 0.3) is 0 Å². The van der Waals surface area contributed by atoms with Crippen molar-refractivity contribution in [2.24, 2.45) is 5.73 Å². The smallest absolute Gasteiger partial charge is 0.0422 e. The van der Waals surface area contributed by atoms with Crippen molar-refractivity contribution >= 4 is 0 Å². The third-order valence-corrected chi connectivity index (χ3v) is 3.46. The van der Waals surface area contributed by atoms with Crippen molar-refractivity contribution in [3.05, 3.63) is 41.7 Å². The lowest BCUT2D eigenvalue weighted by atomic mass is 9.93. The van der Waals surface area contributed by atoms with Crippen LogP contribution >= 0.6 is 0 Å². The Morgan fingerprint density at radius 1 is 1.18 bits per heavy atom. The first-order valence-corrected chi connectivity index (χ1v) is 6.70. The van der Waals surface area contributed by atoms with Crippen molar-refractivity contribution in [2.75, 3.05) is 0 Å². The number of allylic oxidation sites excluding steroid dienone is 1. The number of hydrogen-bond acceptors (Lipinski definition) is 2. The number of rotatable bonds is 3. The van der Waals surface area contributed by atoms with Crippen LogP contribution in [0.1, 0.15) is 44.2 Å². The quantitative estimate of drug-likeness (QED) is 0.810. The first-order valence-electron chi connectivity index (χ1n) is 6.70. The molecule has 92 valence electrons. The van der Waals surface area contributed by atoms with E-state index in [0.717, 1.165) is 12.1 Å². The van der Waals surface area contributed by atoms with Gasteiger partial charge in [0.25, 0.3) is 0 Å². The molecule has 0 aromatic carbocycles. The van der Waals surface area contributed by atoms with Crippen LogP contribution in [-0.2, 0) is 6.42 Å². The highest BCUT2D eigenvalue weighted by Gasteiger charge is 2.11. The molecule has 0 amide bonds. The Morgan fingerprint density at radius 2 is 2.06 bits per heavy atom. The van der Waals surface area contributed by atoms with Crippen LogP contribution in [0.3, 0.4) is 0 Å². The van der Waals surface area contributed by atoms with E-state index in [2.05, 4.69) is 17.1 Å². The molecule has 0 saturated heterocycles. The standard InChI is InChI=1S/C15H22N2/c16-15(12-14-10-6-7-11-17-14)13-8-4-2-1-3-5-9-13/h6-8,10-11,15H,1-5,9,12,16H2/b13-8+. The Labute approximate surface area is 104 Å². The Bertz CT molecular complexity index is 356. The highest BCUT2D eigenvalue weighted by molar-refractivity contribution is 5.16. The summed E-state index contributed by atoms with van der Waals surface area (Å²) in [7, 11) is 0. The molecule has 0 fully saturated rings. The van der Waals surface area contributed by atoms with Crippen LogP contribution in [0.4, 0.5) is 0 Å². The molecule has 2 heteroatoms. The second-order valence-corrected chi connectivity index (χ2v) is 4.86. The Balaban J connectivity index is 1.96. The van der Waals surface area contributed by atoms with Gasteiger partial charge in [0.15, 0.2) is 0 Å². The minimum atomic E-state index is 0.156. The summed E-state index contributed by atoms with van der Waals surface area (Å²) in [6.07, 6.45) is 12.8. The molecule has 1 aromatic heterocycles. The van der Waals surface area contributed by atoms with E-state index in [1.165, 1.54) is 44.1 Å². The van der Waals surface area contributed by atoms with E-state index < -0.39 is 0 Å². The molecule has 1 aliphatic carbocycles. The lowest BCUT2D eigenvalue weighted by Crippen LogP contribution is -2.26. The van der Waals surface area contributed by atoms with Gasteiger partial charge < -0.3 is 5.73 Å². The summed E-state index contributed by atoms with van der Waals surface area (Å²) >= 11 is 0. The van der Waals surface area contributed by atoms with Crippen molar-refractivity contribution in [3.63, 3.8) is 0 Å². The van der Waals surface area contributed by atoms with Crippen LogP contribution in [0.15, 0.2) is 36.0 Å². The second-order valence-electron chi connectivity index (χ2n) is 4.86. The summed E-state index contributed by atoms with van der Waals surface area (Å²) in [6.45, 7) is 0. The molecule has 2 rings (SSSR count). The molecule has 2 nitrogen and oxygen atoms in total. The van der Waals surface area contributed by atoms with Crippen LogP contribution < -0.4 is 5.73 Å². The van der Waals surface area contributed by atoms with E-state index >= 15 is 0 Å². The zero-order chi connectivity index (χ0) is 11.9. The summed E-state index contributed by atoms with van der Waals surface area (Å²) < 4.78 is 0. The van der Waals surface area contributed by atoms with E-state index in [1.807, 2.05) is 18.3 Å². The van der Waals surface area contributed by atoms with Crippen molar-refractivity contribution < 1.29 is 0 Å². The Morgan fingerprint density at radius 3 is 2.88 bits per heavy atom. The van der Waals surface area contributed by atoms with Crippen LogP contribution in [-0.4, -0.2) is 11.0 Å². The largest absolute Gasteiger partial charge is 0.324 e. The summed E-state index contributed by atoms with van der Waals surface area (Å²) in [5, 5.41) is 0. The van der Waals surface area contributed by atoms with E-state index in [9.17, 15) is 0 Å². The summed E-state index contributed by atoms with van der Waals surface area (Å²) in [5.74, 6) is 0. The molecule has 1 heterocycles. The first-order chi connectivity index (χ1) is 8.36. The highest BCUT2D eigenvalue weighted by atomic mass is 14.7. The van der Waals surface area contributed by atoms with Crippen molar-refractivity contribution in [1.29, 1.82) is 0 Å². The predicted octanol–water partition coefficient (Wildman–Crippen LogP) is 3.23. The fraction of sp³-hybridized carbons (Fsp3) is 0.533. The van der Waals surface area contributed by atoms with Gasteiger partial charge in [-0.1, -0.05) is 30.6 Å². The van der Waals surface area contributed by atoms with Gasteiger partial charge in [0.2, 0.25) is 0 Å². The first kappa shape index (κ1) is 12.3. The fourth-order valence-corrected chi connectivity index (χ4v) is 2.43. The van der Waals surface area contributed by atoms with E-state index in [0.29, 0.717) is 0 Å². The highest BCUT2D eigenvalue weighted by Crippen LogP contribution is 2.20. The predicted molar refractivity (Wildman–Crippen MR) is 71.7 cm³/mol. The minimum Gasteiger partial charge on any atom is -0.324 e.